The summed E-state index contributed by atoms with van der Waals surface area (Å²) in [5.74, 6) is 0.429. The van der Waals surface area contributed by atoms with Crippen LogP contribution in [0.2, 0.25) is 0 Å². The zero-order valence-corrected chi connectivity index (χ0v) is 21.3. The van der Waals surface area contributed by atoms with Crippen LogP contribution in [-0.4, -0.2) is 59.6 Å². The highest BCUT2D eigenvalue weighted by Gasteiger charge is 2.28. The van der Waals surface area contributed by atoms with E-state index in [0.717, 1.165) is 48.9 Å². The van der Waals surface area contributed by atoms with Gasteiger partial charge in [0.05, 0.1) is 23.5 Å². The molecule has 5 rings (SSSR count). The molecule has 0 saturated carbocycles. The first-order chi connectivity index (χ1) is 17.6. The maximum atomic E-state index is 13.7. The molecule has 2 aliphatic rings. The van der Waals surface area contributed by atoms with Gasteiger partial charge in [-0.2, -0.15) is 0 Å². The van der Waals surface area contributed by atoms with Crippen LogP contribution >= 0.6 is 0 Å². The number of aromatic nitrogens is 2. The lowest BCUT2D eigenvalue weighted by Crippen LogP contribution is -2.46. The summed E-state index contributed by atoms with van der Waals surface area (Å²) in [6, 6.07) is 16.1. The Morgan fingerprint density at radius 3 is 2.61 bits per heavy atom. The number of hydrogen-bond acceptors (Lipinski definition) is 5. The standard InChI is InChI=1S/C29H37N5O2/c1-22-11-13-23(14-12-22)20-34-26-10-3-2-9-25(26)31-27(29(34)36)33-19-6-8-24(21-33)28(35)30-15-7-18-32-16-4-5-17-32/h2-3,9-14,24H,4-8,15-21H2,1H3,(H,30,35)/t24-/m1/s1. The monoisotopic (exact) mass is 487 g/mol. The Labute approximate surface area is 213 Å². The molecule has 2 fully saturated rings. The molecule has 0 radical (unpaired) electrons. The highest BCUT2D eigenvalue weighted by molar-refractivity contribution is 5.80. The van der Waals surface area contributed by atoms with Gasteiger partial charge in [-0.1, -0.05) is 42.0 Å². The molecule has 36 heavy (non-hydrogen) atoms. The van der Waals surface area contributed by atoms with Crippen LogP contribution < -0.4 is 15.8 Å². The average molecular weight is 488 g/mol. The van der Waals surface area contributed by atoms with Crippen molar-refractivity contribution in [2.75, 3.05) is 44.2 Å². The predicted octanol–water partition coefficient (Wildman–Crippen LogP) is 3.57. The Balaban J connectivity index is 1.31. The topological polar surface area (TPSA) is 70.5 Å². The maximum absolute atomic E-state index is 13.7. The van der Waals surface area contributed by atoms with E-state index in [0.29, 0.717) is 25.5 Å². The number of fused-ring (bicyclic) bond motifs is 1. The molecule has 0 spiro atoms. The number of carbonyl (C=O) groups excluding carboxylic acids is 1. The van der Waals surface area contributed by atoms with Crippen molar-refractivity contribution in [3.63, 3.8) is 0 Å². The molecule has 1 amide bonds. The first kappa shape index (κ1) is 24.5. The summed E-state index contributed by atoms with van der Waals surface area (Å²) in [5.41, 5.74) is 3.81. The molecule has 0 aliphatic carbocycles. The molecule has 190 valence electrons. The summed E-state index contributed by atoms with van der Waals surface area (Å²) in [4.78, 5) is 36.0. The number of para-hydroxylation sites is 2. The molecule has 0 bridgehead atoms. The van der Waals surface area contributed by atoms with Crippen LogP contribution in [0.3, 0.4) is 0 Å². The molecule has 1 N–H and O–H groups in total. The van der Waals surface area contributed by atoms with Gasteiger partial charge in [-0.15, -0.1) is 0 Å². The van der Waals surface area contributed by atoms with E-state index in [-0.39, 0.29) is 17.4 Å². The largest absolute Gasteiger partial charge is 0.356 e. The molecule has 3 aromatic rings. The van der Waals surface area contributed by atoms with Gasteiger partial charge in [-0.3, -0.25) is 14.2 Å². The van der Waals surface area contributed by atoms with Crippen molar-refractivity contribution in [2.45, 2.75) is 45.6 Å². The van der Waals surface area contributed by atoms with E-state index in [4.69, 9.17) is 4.98 Å². The van der Waals surface area contributed by atoms with Gasteiger partial charge in [0.25, 0.3) is 5.56 Å². The van der Waals surface area contributed by atoms with Crippen LogP contribution in [0.1, 0.15) is 43.2 Å². The summed E-state index contributed by atoms with van der Waals surface area (Å²) in [7, 11) is 0. The maximum Gasteiger partial charge on any atom is 0.294 e. The molecule has 7 nitrogen and oxygen atoms in total. The van der Waals surface area contributed by atoms with Crippen LogP contribution in [0.5, 0.6) is 0 Å². The molecular formula is C29H37N5O2. The first-order valence-corrected chi connectivity index (χ1v) is 13.4. The number of hydrogen-bond donors (Lipinski definition) is 1. The number of benzene rings is 2. The summed E-state index contributed by atoms with van der Waals surface area (Å²) in [6.07, 6.45) is 5.29. The van der Waals surface area contributed by atoms with E-state index in [1.807, 2.05) is 33.7 Å². The number of nitrogens with zero attached hydrogens (tertiary/aromatic N) is 4. The third-order valence-corrected chi connectivity index (χ3v) is 7.54. The minimum Gasteiger partial charge on any atom is -0.356 e. The summed E-state index contributed by atoms with van der Waals surface area (Å²) in [6.45, 7) is 7.96. The highest BCUT2D eigenvalue weighted by Crippen LogP contribution is 2.22. The van der Waals surface area contributed by atoms with Gasteiger partial charge < -0.3 is 15.1 Å². The van der Waals surface area contributed by atoms with Gasteiger partial charge >= 0.3 is 0 Å². The van der Waals surface area contributed by atoms with Crippen molar-refractivity contribution in [1.29, 1.82) is 0 Å². The number of aryl methyl sites for hydroxylation is 1. The van der Waals surface area contributed by atoms with Crippen molar-refractivity contribution >= 4 is 22.8 Å². The average Bonchev–Trinajstić information content (AvgIpc) is 3.43. The van der Waals surface area contributed by atoms with E-state index in [1.54, 1.807) is 0 Å². The Hall–Kier alpha value is -3.19. The number of piperidine rings is 1. The number of nitrogens with one attached hydrogen (secondary N) is 1. The number of anilines is 1. The van der Waals surface area contributed by atoms with Gasteiger partial charge in [-0.05, 0) is 76.4 Å². The zero-order chi connectivity index (χ0) is 24.9. The van der Waals surface area contributed by atoms with Gasteiger partial charge in [-0.25, -0.2) is 4.98 Å². The van der Waals surface area contributed by atoms with Gasteiger partial charge in [0, 0.05) is 19.6 Å². The second-order valence-corrected chi connectivity index (χ2v) is 10.3. The fourth-order valence-electron chi connectivity index (χ4n) is 5.47. The molecule has 3 heterocycles. The molecule has 2 aromatic carbocycles. The van der Waals surface area contributed by atoms with Crippen molar-refractivity contribution in [2.24, 2.45) is 5.92 Å². The lowest BCUT2D eigenvalue weighted by Gasteiger charge is -2.33. The Morgan fingerprint density at radius 2 is 1.81 bits per heavy atom. The lowest BCUT2D eigenvalue weighted by atomic mass is 9.97. The van der Waals surface area contributed by atoms with Gasteiger partial charge in [0.15, 0.2) is 5.82 Å². The van der Waals surface area contributed by atoms with E-state index >= 15 is 0 Å². The van der Waals surface area contributed by atoms with Crippen LogP contribution in [0.25, 0.3) is 11.0 Å². The van der Waals surface area contributed by atoms with Crippen molar-refractivity contribution in [3.05, 3.63) is 70.0 Å². The molecule has 2 saturated heterocycles. The quantitative estimate of drug-likeness (QED) is 0.492. The minimum absolute atomic E-state index is 0.0963. The van der Waals surface area contributed by atoms with Crippen LogP contribution in [0.4, 0.5) is 5.82 Å². The normalized spacial score (nSPS) is 18.6. The Kier molecular flexibility index (Phi) is 7.66. The number of carbonyl (C=O) groups is 1. The Morgan fingerprint density at radius 1 is 1.03 bits per heavy atom. The second kappa shape index (κ2) is 11.2. The fraction of sp³-hybridized carbons (Fsp3) is 0.483. The smallest absolute Gasteiger partial charge is 0.294 e. The fourth-order valence-corrected chi connectivity index (χ4v) is 5.47. The lowest BCUT2D eigenvalue weighted by molar-refractivity contribution is -0.125. The third-order valence-electron chi connectivity index (χ3n) is 7.54. The summed E-state index contributed by atoms with van der Waals surface area (Å²) >= 11 is 0. The molecule has 7 heteroatoms. The molecule has 1 atom stereocenters. The van der Waals surface area contributed by atoms with E-state index < -0.39 is 0 Å². The summed E-state index contributed by atoms with van der Waals surface area (Å²) in [5, 5.41) is 3.15. The van der Waals surface area contributed by atoms with Crippen LogP contribution in [0, 0.1) is 12.8 Å². The first-order valence-electron chi connectivity index (χ1n) is 13.4. The predicted molar refractivity (Wildman–Crippen MR) is 145 cm³/mol. The zero-order valence-electron chi connectivity index (χ0n) is 21.3. The highest BCUT2D eigenvalue weighted by atomic mass is 16.2. The molecule has 2 aliphatic heterocycles. The van der Waals surface area contributed by atoms with Gasteiger partial charge in [0.2, 0.25) is 5.91 Å². The van der Waals surface area contributed by atoms with E-state index in [9.17, 15) is 9.59 Å². The number of amides is 1. The molecule has 0 unspecified atom stereocenters. The van der Waals surface area contributed by atoms with Crippen molar-refractivity contribution in [3.8, 4) is 0 Å². The summed E-state index contributed by atoms with van der Waals surface area (Å²) < 4.78 is 1.82. The minimum atomic E-state index is -0.122. The number of rotatable bonds is 8. The molecular weight excluding hydrogens is 450 g/mol. The van der Waals surface area contributed by atoms with E-state index in [1.165, 1.54) is 31.5 Å². The van der Waals surface area contributed by atoms with E-state index in [2.05, 4.69) is 41.4 Å². The third kappa shape index (κ3) is 5.62. The van der Waals surface area contributed by atoms with Crippen molar-refractivity contribution < 1.29 is 4.79 Å². The number of likely N-dealkylation sites (tertiary alicyclic amines) is 1. The SMILES string of the molecule is Cc1ccc(Cn2c(=O)c(N3CCC[C@@H](C(=O)NCCCN4CCCC4)C3)nc3ccccc32)cc1. The molecule has 1 aromatic heterocycles. The van der Waals surface area contributed by atoms with Crippen molar-refractivity contribution in [1.82, 2.24) is 19.8 Å². The van der Waals surface area contributed by atoms with Gasteiger partial charge in [0.1, 0.15) is 0 Å². The second-order valence-electron chi connectivity index (χ2n) is 10.3. The van der Waals surface area contributed by atoms with Crippen LogP contribution in [0.15, 0.2) is 53.3 Å². The van der Waals surface area contributed by atoms with Crippen LogP contribution in [-0.2, 0) is 11.3 Å². The Bertz CT molecular complexity index is 1250.